The maximum Gasteiger partial charge on any atom is 2.00 e. The van der Waals surface area contributed by atoms with Gasteiger partial charge in [0.2, 0.25) is 0 Å². The fraction of sp³-hybridized carbons (Fsp3) is 0.882. The van der Waals surface area contributed by atoms with Gasteiger partial charge in [-0.05, 0) is 0 Å². The smallest absolute Gasteiger partial charge is 0.384 e. The van der Waals surface area contributed by atoms with E-state index in [9.17, 15) is 26.3 Å². The van der Waals surface area contributed by atoms with Gasteiger partial charge in [-0.2, -0.15) is 26.3 Å². The van der Waals surface area contributed by atoms with Gasteiger partial charge < -0.3 is 25.1 Å². The van der Waals surface area contributed by atoms with E-state index in [-0.39, 0.29) is 33.4 Å². The molecule has 0 amide bonds. The molecule has 0 bridgehead atoms. The molecular formula is C17H32F6O2V. The molecule has 0 aromatic heterocycles. The molecule has 159 valence electrons. The maximum absolute atomic E-state index is 11.5. The van der Waals surface area contributed by atoms with Gasteiger partial charge in [-0.1, -0.05) is 64.2 Å². The zero-order valence-electron chi connectivity index (χ0n) is 15.5. The second kappa shape index (κ2) is 17.2. The largest absolute Gasteiger partial charge is 2.00 e. The molecule has 0 aromatic carbocycles. The van der Waals surface area contributed by atoms with Gasteiger partial charge in [0.15, 0.2) is 12.2 Å². The van der Waals surface area contributed by atoms with Crippen molar-refractivity contribution in [1.29, 1.82) is 0 Å². The van der Waals surface area contributed by atoms with Crippen molar-refractivity contribution in [3.63, 3.8) is 0 Å². The fourth-order valence-electron chi connectivity index (χ4n) is 2.25. The topological polar surface area (TPSA) is 40.5 Å². The Hall–Kier alpha value is 0.0844. The first kappa shape index (κ1) is 33.7. The number of hydrogen-bond acceptors (Lipinski definition) is 2. The molecule has 2 unspecified atom stereocenters. The Labute approximate surface area is 165 Å². The SMILES string of the molecule is C1CCCC1.C1CCCC1.OC(CC(O)C(F)(F)F)C(F)(F)F.[CH3-].[CH3-].[V+2]. The van der Waals surface area contributed by atoms with Gasteiger partial charge in [0.1, 0.15) is 0 Å². The third kappa shape index (κ3) is 18.9. The van der Waals surface area contributed by atoms with Crippen LogP contribution in [0.3, 0.4) is 0 Å². The number of aliphatic hydroxyl groups excluding tert-OH is 2. The predicted molar refractivity (Wildman–Crippen MR) is 87.7 cm³/mol. The summed E-state index contributed by atoms with van der Waals surface area (Å²) in [5, 5.41) is 16.3. The molecule has 2 aliphatic rings. The molecule has 0 heterocycles. The van der Waals surface area contributed by atoms with E-state index in [4.69, 9.17) is 10.2 Å². The van der Waals surface area contributed by atoms with Crippen molar-refractivity contribution in [3.05, 3.63) is 14.9 Å². The second-order valence-corrected chi connectivity index (χ2v) is 5.89. The third-order valence-electron chi connectivity index (χ3n) is 3.70. The monoisotopic (exact) mass is 433 g/mol. The molecule has 2 atom stereocenters. The quantitative estimate of drug-likeness (QED) is 0.413. The molecule has 2 N–H and O–H groups in total. The van der Waals surface area contributed by atoms with Gasteiger partial charge >= 0.3 is 30.9 Å². The summed E-state index contributed by atoms with van der Waals surface area (Å²) in [6.07, 6.45) is -3.42. The predicted octanol–water partition coefficient (Wildman–Crippen LogP) is 6.02. The van der Waals surface area contributed by atoms with Crippen molar-refractivity contribution >= 4 is 0 Å². The zero-order chi connectivity index (χ0) is 17.9. The van der Waals surface area contributed by atoms with Crippen LogP contribution in [-0.2, 0) is 18.6 Å². The maximum atomic E-state index is 11.5. The summed E-state index contributed by atoms with van der Waals surface area (Å²) < 4.78 is 68.8. The Balaban J connectivity index is -0.000000154. The first-order valence-electron chi connectivity index (χ1n) is 8.04. The van der Waals surface area contributed by atoms with Gasteiger partial charge in [0.05, 0.1) is 0 Å². The summed E-state index contributed by atoms with van der Waals surface area (Å²) in [6.45, 7) is 0. The molecule has 0 saturated heterocycles. The Bertz CT molecular complexity index is 247. The molecule has 1 radical (unpaired) electrons. The van der Waals surface area contributed by atoms with E-state index in [0.717, 1.165) is 0 Å². The van der Waals surface area contributed by atoms with Gasteiger partial charge in [-0.15, -0.1) is 0 Å². The van der Waals surface area contributed by atoms with Crippen LogP contribution in [0.25, 0.3) is 0 Å². The number of rotatable bonds is 2. The minimum absolute atomic E-state index is 0. The second-order valence-electron chi connectivity index (χ2n) is 5.89. The van der Waals surface area contributed by atoms with Crippen molar-refractivity contribution in [2.75, 3.05) is 0 Å². The van der Waals surface area contributed by atoms with Crippen LogP contribution in [-0.4, -0.2) is 34.8 Å². The van der Waals surface area contributed by atoms with Crippen molar-refractivity contribution in [3.8, 4) is 0 Å². The van der Waals surface area contributed by atoms with Gasteiger partial charge in [-0.25, -0.2) is 0 Å². The molecule has 2 aliphatic carbocycles. The summed E-state index contributed by atoms with van der Waals surface area (Å²) in [4.78, 5) is 0. The summed E-state index contributed by atoms with van der Waals surface area (Å²) in [7, 11) is 0. The average molecular weight is 433 g/mol. The minimum Gasteiger partial charge on any atom is -0.384 e. The van der Waals surface area contributed by atoms with Crippen LogP contribution in [0.15, 0.2) is 0 Å². The van der Waals surface area contributed by atoms with Crippen LogP contribution in [0.4, 0.5) is 26.3 Å². The minimum atomic E-state index is -5.15. The van der Waals surface area contributed by atoms with Crippen molar-refractivity contribution in [2.24, 2.45) is 0 Å². The number of halogens is 6. The van der Waals surface area contributed by atoms with Crippen LogP contribution in [0.5, 0.6) is 0 Å². The number of alkyl halides is 6. The summed E-state index contributed by atoms with van der Waals surface area (Å²) in [6, 6.07) is 0. The molecule has 2 fully saturated rings. The standard InChI is InChI=1S/C5H6F6O2.2C5H10.2CH3.V/c6-4(7,8)2(12)1-3(13)5(9,10)11;2*1-2-4-5-3-1;;;/h2-3,12-13H,1H2;2*1-5H2;2*1H3;/q;;;2*-1;+2. The third-order valence-corrected chi connectivity index (χ3v) is 3.70. The Morgan fingerprint density at radius 1 is 0.538 bits per heavy atom. The summed E-state index contributed by atoms with van der Waals surface area (Å²) in [5.41, 5.74) is 0. The van der Waals surface area contributed by atoms with E-state index in [0.29, 0.717) is 0 Å². The summed E-state index contributed by atoms with van der Waals surface area (Å²) >= 11 is 0. The van der Waals surface area contributed by atoms with Crippen LogP contribution in [0.1, 0.15) is 70.6 Å². The molecule has 2 saturated carbocycles. The number of aliphatic hydroxyl groups is 2. The van der Waals surface area contributed by atoms with E-state index in [1.165, 1.54) is 64.2 Å². The van der Waals surface area contributed by atoms with Crippen LogP contribution < -0.4 is 0 Å². The summed E-state index contributed by atoms with van der Waals surface area (Å²) in [5.74, 6) is 0. The first-order chi connectivity index (χ1) is 10.5. The molecule has 0 aromatic rings. The molecular weight excluding hydrogens is 401 g/mol. The van der Waals surface area contributed by atoms with Crippen molar-refractivity contribution in [2.45, 2.75) is 95.2 Å². The fourth-order valence-corrected chi connectivity index (χ4v) is 2.25. The normalized spacial score (nSPS) is 18.5. The molecule has 0 aliphatic heterocycles. The van der Waals surface area contributed by atoms with Gasteiger partial charge in [-0.3, -0.25) is 0 Å². The van der Waals surface area contributed by atoms with E-state index >= 15 is 0 Å². The molecule has 26 heavy (non-hydrogen) atoms. The molecule has 2 nitrogen and oxygen atoms in total. The average Bonchev–Trinajstić information content (AvgIpc) is 3.15. The Morgan fingerprint density at radius 2 is 0.692 bits per heavy atom. The van der Waals surface area contributed by atoms with Crippen molar-refractivity contribution < 1.29 is 55.1 Å². The van der Waals surface area contributed by atoms with E-state index < -0.39 is 31.0 Å². The van der Waals surface area contributed by atoms with Crippen molar-refractivity contribution in [1.82, 2.24) is 0 Å². The van der Waals surface area contributed by atoms with E-state index in [2.05, 4.69) is 0 Å². The number of hydrogen-bond donors (Lipinski definition) is 2. The van der Waals surface area contributed by atoms with Gasteiger partial charge in [0, 0.05) is 6.42 Å². The molecule has 0 spiro atoms. The zero-order valence-corrected chi connectivity index (χ0v) is 16.9. The van der Waals surface area contributed by atoms with E-state index in [1.807, 2.05) is 0 Å². The van der Waals surface area contributed by atoms with Gasteiger partial charge in [0.25, 0.3) is 0 Å². The first-order valence-corrected chi connectivity index (χ1v) is 8.04. The Morgan fingerprint density at radius 3 is 0.808 bits per heavy atom. The molecule has 9 heteroatoms. The van der Waals surface area contributed by atoms with Crippen LogP contribution in [0.2, 0.25) is 0 Å². The molecule has 2 rings (SSSR count). The van der Waals surface area contributed by atoms with Crippen LogP contribution >= 0.6 is 0 Å². The van der Waals surface area contributed by atoms with E-state index in [1.54, 1.807) is 0 Å². The Kier molecular flexibility index (Phi) is 22.3. The van der Waals surface area contributed by atoms with Crippen LogP contribution in [0, 0.1) is 14.9 Å².